The van der Waals surface area contributed by atoms with Gasteiger partial charge in [-0.1, -0.05) is 39.5 Å². The van der Waals surface area contributed by atoms with Gasteiger partial charge in [-0.3, -0.25) is 0 Å². The first kappa shape index (κ1) is 14.9. The van der Waals surface area contributed by atoms with Crippen molar-refractivity contribution >= 4 is 0 Å². The monoisotopic (exact) mass is 243 g/mol. The van der Waals surface area contributed by atoms with E-state index >= 15 is 0 Å². The number of hydrogen-bond acceptors (Lipinski definition) is 3. The van der Waals surface area contributed by atoms with Crippen LogP contribution in [0, 0.1) is 5.92 Å². The van der Waals surface area contributed by atoms with E-state index in [1.54, 1.807) is 0 Å². The average Bonchev–Trinajstić information content (AvgIpc) is 2.37. The highest BCUT2D eigenvalue weighted by atomic mass is 16.5. The van der Waals surface area contributed by atoms with E-state index in [2.05, 4.69) is 19.2 Å². The maximum atomic E-state index is 9.78. The minimum absolute atomic E-state index is 0.360. The first-order valence-corrected chi connectivity index (χ1v) is 7.22. The average molecular weight is 243 g/mol. The molecule has 2 N–H and O–H groups in total. The van der Waals surface area contributed by atoms with Crippen LogP contribution in [0.2, 0.25) is 0 Å². The first-order valence-electron chi connectivity index (χ1n) is 7.22. The number of nitrogens with one attached hydrogen (secondary N) is 1. The van der Waals surface area contributed by atoms with Gasteiger partial charge in [0.1, 0.15) is 0 Å². The number of ether oxygens (including phenoxy) is 1. The molecule has 0 aromatic carbocycles. The zero-order valence-corrected chi connectivity index (χ0v) is 11.5. The van der Waals surface area contributed by atoms with Crippen molar-refractivity contribution in [1.82, 2.24) is 5.32 Å². The van der Waals surface area contributed by atoms with Crippen LogP contribution >= 0.6 is 0 Å². The summed E-state index contributed by atoms with van der Waals surface area (Å²) in [6.45, 7) is 6.53. The summed E-state index contributed by atoms with van der Waals surface area (Å²) in [4.78, 5) is 0. The number of hydrogen-bond donors (Lipinski definition) is 2. The largest absolute Gasteiger partial charge is 0.389 e. The Morgan fingerprint density at radius 2 is 1.94 bits per heavy atom. The molecule has 1 rings (SSSR count). The number of aliphatic hydroxyl groups is 1. The van der Waals surface area contributed by atoms with Gasteiger partial charge in [-0.2, -0.15) is 0 Å². The van der Waals surface area contributed by atoms with Crippen LogP contribution in [0.15, 0.2) is 0 Å². The van der Waals surface area contributed by atoms with Gasteiger partial charge in [0.15, 0.2) is 0 Å². The van der Waals surface area contributed by atoms with Crippen molar-refractivity contribution in [3.8, 4) is 0 Å². The molecule has 0 bridgehead atoms. The molecule has 17 heavy (non-hydrogen) atoms. The predicted molar refractivity (Wildman–Crippen MR) is 71.2 cm³/mol. The normalized spacial score (nSPS) is 21.4. The highest BCUT2D eigenvalue weighted by Gasteiger charge is 2.15. The maximum absolute atomic E-state index is 9.78. The maximum Gasteiger partial charge on any atom is 0.0897 e. The lowest BCUT2D eigenvalue weighted by molar-refractivity contribution is -0.0230. The molecule has 0 saturated heterocycles. The number of aliphatic hydroxyl groups excluding tert-OH is 1. The zero-order chi connectivity index (χ0) is 12.5. The van der Waals surface area contributed by atoms with E-state index in [4.69, 9.17) is 4.74 Å². The fourth-order valence-corrected chi connectivity index (χ4v) is 2.18. The van der Waals surface area contributed by atoms with E-state index < -0.39 is 0 Å². The Hall–Kier alpha value is -0.120. The summed E-state index contributed by atoms with van der Waals surface area (Å²) in [5.74, 6) is 0.682. The minimum Gasteiger partial charge on any atom is -0.389 e. The quantitative estimate of drug-likeness (QED) is 0.687. The van der Waals surface area contributed by atoms with Gasteiger partial charge < -0.3 is 15.2 Å². The molecule has 0 radical (unpaired) electrons. The smallest absolute Gasteiger partial charge is 0.0897 e. The molecule has 3 heteroatoms. The van der Waals surface area contributed by atoms with E-state index in [1.807, 2.05) is 0 Å². The van der Waals surface area contributed by atoms with Crippen molar-refractivity contribution in [2.24, 2.45) is 5.92 Å². The van der Waals surface area contributed by atoms with Crippen molar-refractivity contribution in [1.29, 1.82) is 0 Å². The van der Waals surface area contributed by atoms with Crippen LogP contribution in [0.3, 0.4) is 0 Å². The lowest BCUT2D eigenvalue weighted by Crippen LogP contribution is -2.34. The Bertz CT molecular complexity index is 181. The SMILES string of the molecule is CCC(C)CNCC(O)COC1CCCCC1. The Balaban J connectivity index is 1.98. The third kappa shape index (κ3) is 7.02. The second-order valence-electron chi connectivity index (χ2n) is 5.42. The molecular weight excluding hydrogens is 214 g/mol. The minimum atomic E-state index is -0.360. The first-order chi connectivity index (χ1) is 8.22. The van der Waals surface area contributed by atoms with Crippen molar-refractivity contribution in [3.63, 3.8) is 0 Å². The van der Waals surface area contributed by atoms with Crippen LogP contribution in [0.4, 0.5) is 0 Å². The molecule has 0 heterocycles. The van der Waals surface area contributed by atoms with Crippen LogP contribution in [-0.4, -0.2) is 37.0 Å². The Labute approximate surface area is 106 Å². The topological polar surface area (TPSA) is 41.5 Å². The van der Waals surface area contributed by atoms with Gasteiger partial charge in [-0.25, -0.2) is 0 Å². The number of rotatable bonds is 8. The van der Waals surface area contributed by atoms with E-state index in [1.165, 1.54) is 38.5 Å². The van der Waals surface area contributed by atoms with Crippen molar-refractivity contribution in [2.45, 2.75) is 64.6 Å². The summed E-state index contributed by atoms with van der Waals surface area (Å²) >= 11 is 0. The molecular formula is C14H29NO2. The van der Waals surface area contributed by atoms with E-state index in [0.717, 1.165) is 6.54 Å². The van der Waals surface area contributed by atoms with E-state index in [9.17, 15) is 5.11 Å². The fourth-order valence-electron chi connectivity index (χ4n) is 2.18. The van der Waals surface area contributed by atoms with Gasteiger partial charge in [0.25, 0.3) is 0 Å². The Morgan fingerprint density at radius 3 is 2.59 bits per heavy atom. The van der Waals surface area contributed by atoms with Crippen molar-refractivity contribution in [2.75, 3.05) is 19.7 Å². The lowest BCUT2D eigenvalue weighted by atomic mass is 9.98. The van der Waals surface area contributed by atoms with Crippen LogP contribution in [-0.2, 0) is 4.74 Å². The van der Waals surface area contributed by atoms with Gasteiger partial charge in [0.2, 0.25) is 0 Å². The van der Waals surface area contributed by atoms with Gasteiger partial charge in [-0.15, -0.1) is 0 Å². The molecule has 0 aromatic rings. The molecule has 0 aromatic heterocycles. The standard InChI is InChI=1S/C14H29NO2/c1-3-12(2)9-15-10-13(16)11-17-14-7-5-4-6-8-14/h12-16H,3-11H2,1-2H3. The third-order valence-corrected chi connectivity index (χ3v) is 3.65. The molecule has 1 aliphatic rings. The summed E-state index contributed by atoms with van der Waals surface area (Å²) < 4.78 is 5.74. The Kier molecular flexibility index (Phi) is 7.82. The van der Waals surface area contributed by atoms with Gasteiger partial charge in [0.05, 0.1) is 18.8 Å². The molecule has 3 nitrogen and oxygen atoms in total. The molecule has 0 spiro atoms. The molecule has 0 amide bonds. The molecule has 1 fully saturated rings. The van der Waals surface area contributed by atoms with Crippen LogP contribution < -0.4 is 5.32 Å². The molecule has 1 saturated carbocycles. The van der Waals surface area contributed by atoms with Crippen molar-refractivity contribution < 1.29 is 9.84 Å². The molecule has 2 unspecified atom stereocenters. The highest BCUT2D eigenvalue weighted by molar-refractivity contribution is 4.67. The third-order valence-electron chi connectivity index (χ3n) is 3.65. The van der Waals surface area contributed by atoms with Crippen molar-refractivity contribution in [3.05, 3.63) is 0 Å². The summed E-state index contributed by atoms with van der Waals surface area (Å²) in [5, 5.41) is 13.1. The molecule has 102 valence electrons. The van der Waals surface area contributed by atoms with Crippen LogP contribution in [0.1, 0.15) is 52.4 Å². The summed E-state index contributed by atoms with van der Waals surface area (Å²) in [7, 11) is 0. The van der Waals surface area contributed by atoms with Crippen LogP contribution in [0.25, 0.3) is 0 Å². The van der Waals surface area contributed by atoms with Gasteiger partial charge >= 0.3 is 0 Å². The second-order valence-corrected chi connectivity index (χ2v) is 5.42. The second kappa shape index (κ2) is 8.90. The predicted octanol–water partition coefficient (Wildman–Crippen LogP) is 2.33. The van der Waals surface area contributed by atoms with E-state index in [-0.39, 0.29) is 6.10 Å². The summed E-state index contributed by atoms with van der Waals surface area (Å²) in [6.07, 6.45) is 7.48. The molecule has 1 aliphatic carbocycles. The van der Waals surface area contributed by atoms with Gasteiger partial charge in [-0.05, 0) is 25.3 Å². The lowest BCUT2D eigenvalue weighted by Gasteiger charge is -2.23. The molecule has 0 aliphatic heterocycles. The van der Waals surface area contributed by atoms with E-state index in [0.29, 0.717) is 25.2 Å². The fraction of sp³-hybridized carbons (Fsp3) is 1.00. The summed E-state index contributed by atoms with van der Waals surface area (Å²) in [6, 6.07) is 0. The van der Waals surface area contributed by atoms with Crippen LogP contribution in [0.5, 0.6) is 0 Å². The highest BCUT2D eigenvalue weighted by Crippen LogP contribution is 2.20. The zero-order valence-electron chi connectivity index (χ0n) is 11.5. The molecule has 2 atom stereocenters. The summed E-state index contributed by atoms with van der Waals surface area (Å²) in [5.41, 5.74) is 0. The Morgan fingerprint density at radius 1 is 1.24 bits per heavy atom. The van der Waals surface area contributed by atoms with Gasteiger partial charge in [0, 0.05) is 6.54 Å².